The summed E-state index contributed by atoms with van der Waals surface area (Å²) in [6.07, 6.45) is 2.59. The third-order valence-electron chi connectivity index (χ3n) is 5.03. The lowest BCUT2D eigenvalue weighted by molar-refractivity contribution is 0.299. The normalized spacial score (nSPS) is 15.8. The van der Waals surface area contributed by atoms with Gasteiger partial charge in [-0.15, -0.1) is 11.8 Å². The summed E-state index contributed by atoms with van der Waals surface area (Å²) in [7, 11) is 4.39. The second-order valence-electron chi connectivity index (χ2n) is 6.81. The first-order valence-electron chi connectivity index (χ1n) is 8.43. The highest BCUT2D eigenvalue weighted by atomic mass is 32.2. The van der Waals surface area contributed by atoms with Gasteiger partial charge >= 0.3 is 0 Å². The zero-order chi connectivity index (χ0) is 16.6. The maximum Gasteiger partial charge on any atom is 0.105 e. The fraction of sp³-hybridized carbons (Fsp3) is 0.286. The van der Waals surface area contributed by atoms with Crippen molar-refractivity contribution in [3.05, 3.63) is 60.7 Å². The molecule has 24 heavy (non-hydrogen) atoms. The van der Waals surface area contributed by atoms with Crippen molar-refractivity contribution < 1.29 is 0 Å². The first-order chi connectivity index (χ1) is 11.7. The van der Waals surface area contributed by atoms with Crippen LogP contribution in [0.2, 0.25) is 0 Å². The second kappa shape index (κ2) is 6.23. The van der Waals surface area contributed by atoms with Gasteiger partial charge in [0.1, 0.15) is 5.03 Å². The van der Waals surface area contributed by atoms with Crippen molar-refractivity contribution in [1.29, 1.82) is 0 Å². The quantitative estimate of drug-likeness (QED) is 0.605. The summed E-state index contributed by atoms with van der Waals surface area (Å²) in [5.41, 5.74) is 3.93. The molecule has 0 aliphatic heterocycles. The monoisotopic (exact) mass is 334 g/mol. The van der Waals surface area contributed by atoms with Crippen LogP contribution in [0.15, 0.2) is 65.7 Å². The molecule has 0 saturated heterocycles. The number of rotatable bonds is 5. The summed E-state index contributed by atoms with van der Waals surface area (Å²) in [5.74, 6) is 1.10. The third kappa shape index (κ3) is 2.94. The molecule has 4 rings (SSSR count). The number of pyridine rings is 1. The Hall–Kier alpha value is -1.84. The molecule has 122 valence electrons. The van der Waals surface area contributed by atoms with Crippen LogP contribution in [0.3, 0.4) is 0 Å². The van der Waals surface area contributed by atoms with Crippen LogP contribution < -0.4 is 0 Å². The van der Waals surface area contributed by atoms with E-state index in [4.69, 9.17) is 4.98 Å². The number of para-hydroxylation sites is 1. The molecule has 3 heteroatoms. The van der Waals surface area contributed by atoms with Gasteiger partial charge < -0.3 is 4.90 Å². The number of hydrogen-bond donors (Lipinski definition) is 0. The van der Waals surface area contributed by atoms with E-state index in [0.717, 1.165) is 16.3 Å². The predicted octanol–water partition coefficient (Wildman–Crippen LogP) is 5.09. The van der Waals surface area contributed by atoms with E-state index in [1.54, 1.807) is 0 Å². The number of hydrogen-bond acceptors (Lipinski definition) is 3. The van der Waals surface area contributed by atoms with E-state index in [-0.39, 0.29) is 0 Å². The van der Waals surface area contributed by atoms with E-state index < -0.39 is 0 Å². The average Bonchev–Trinajstić information content (AvgIpc) is 3.41. The van der Waals surface area contributed by atoms with Crippen molar-refractivity contribution in [3.63, 3.8) is 0 Å². The van der Waals surface area contributed by atoms with Crippen LogP contribution in [-0.2, 0) is 0 Å². The van der Waals surface area contributed by atoms with Gasteiger partial charge in [-0.2, -0.15) is 0 Å². The van der Waals surface area contributed by atoms with E-state index in [1.165, 1.54) is 29.4 Å². The third-order valence-corrected chi connectivity index (χ3v) is 6.29. The molecule has 1 aliphatic rings. The Labute approximate surface area is 147 Å². The summed E-state index contributed by atoms with van der Waals surface area (Å²) in [5, 5.41) is 2.35. The number of aromatic nitrogens is 1. The minimum Gasteiger partial charge on any atom is -0.303 e. The van der Waals surface area contributed by atoms with Crippen molar-refractivity contribution in [1.82, 2.24) is 9.88 Å². The van der Waals surface area contributed by atoms with Crippen LogP contribution in [0.25, 0.3) is 22.0 Å². The molecule has 2 nitrogen and oxygen atoms in total. The van der Waals surface area contributed by atoms with Crippen molar-refractivity contribution in [2.45, 2.75) is 23.4 Å². The molecule has 0 unspecified atom stereocenters. The van der Waals surface area contributed by atoms with E-state index in [2.05, 4.69) is 79.7 Å². The summed E-state index contributed by atoms with van der Waals surface area (Å²) in [4.78, 5) is 7.36. The smallest absolute Gasteiger partial charge is 0.105 e. The topological polar surface area (TPSA) is 16.1 Å². The van der Waals surface area contributed by atoms with Crippen molar-refractivity contribution >= 4 is 22.7 Å². The minimum absolute atomic E-state index is 0.367. The first kappa shape index (κ1) is 15.7. The van der Waals surface area contributed by atoms with E-state index >= 15 is 0 Å². The Morgan fingerprint density at radius 2 is 1.71 bits per heavy atom. The van der Waals surface area contributed by atoms with Crippen LogP contribution in [0, 0.1) is 0 Å². The summed E-state index contributed by atoms with van der Waals surface area (Å²) < 4.78 is 0. The maximum atomic E-state index is 4.99. The molecular formula is C21H22N2S. The minimum atomic E-state index is 0.367. The van der Waals surface area contributed by atoms with Crippen molar-refractivity contribution in [2.75, 3.05) is 19.8 Å². The molecule has 1 heterocycles. The van der Waals surface area contributed by atoms with Crippen molar-refractivity contribution in [3.8, 4) is 11.1 Å². The highest BCUT2D eigenvalue weighted by Gasteiger charge is 2.44. The average molecular weight is 334 g/mol. The van der Waals surface area contributed by atoms with E-state index in [9.17, 15) is 0 Å². The van der Waals surface area contributed by atoms with Gasteiger partial charge in [-0.25, -0.2) is 4.98 Å². The van der Waals surface area contributed by atoms with Crippen LogP contribution in [0.4, 0.5) is 0 Å². The van der Waals surface area contributed by atoms with Crippen LogP contribution in [0.5, 0.6) is 0 Å². The SMILES string of the molecule is CN(C)C1(CSc2nc3ccccc3cc2-c2ccccc2)CC1. The molecule has 0 spiro atoms. The summed E-state index contributed by atoms with van der Waals surface area (Å²) in [6.45, 7) is 0. The molecule has 2 aromatic carbocycles. The lowest BCUT2D eigenvalue weighted by atomic mass is 10.1. The number of benzene rings is 2. The van der Waals surface area contributed by atoms with Crippen molar-refractivity contribution in [2.24, 2.45) is 0 Å². The molecule has 0 N–H and O–H groups in total. The lowest BCUT2D eigenvalue weighted by Gasteiger charge is -2.23. The summed E-state index contributed by atoms with van der Waals surface area (Å²) >= 11 is 1.90. The Balaban J connectivity index is 1.74. The van der Waals surface area contributed by atoms with Gasteiger partial charge in [0.2, 0.25) is 0 Å². The Bertz CT molecular complexity index is 854. The van der Waals surface area contributed by atoms with E-state index in [1.807, 2.05) is 11.8 Å². The predicted molar refractivity (Wildman–Crippen MR) is 104 cm³/mol. The molecule has 0 radical (unpaired) electrons. The number of nitrogens with zero attached hydrogens (tertiary/aromatic N) is 2. The molecule has 1 saturated carbocycles. The van der Waals surface area contributed by atoms with Gasteiger partial charge in [0.05, 0.1) is 5.52 Å². The standard InChI is InChI=1S/C21H22N2S/c1-23(2)21(12-13-21)15-24-20-18(16-8-4-3-5-9-16)14-17-10-6-7-11-19(17)22-20/h3-11,14H,12-13,15H2,1-2H3. The molecular weight excluding hydrogens is 312 g/mol. The van der Waals surface area contributed by atoms with Crippen LogP contribution in [0.1, 0.15) is 12.8 Å². The molecule has 0 atom stereocenters. The Kier molecular flexibility index (Phi) is 4.07. The molecule has 1 aromatic heterocycles. The highest BCUT2D eigenvalue weighted by Crippen LogP contribution is 2.45. The Morgan fingerprint density at radius 3 is 2.42 bits per heavy atom. The van der Waals surface area contributed by atoms with Gasteiger partial charge in [-0.05, 0) is 44.6 Å². The zero-order valence-corrected chi connectivity index (χ0v) is 15.0. The second-order valence-corrected chi connectivity index (χ2v) is 7.77. The van der Waals surface area contributed by atoms with Gasteiger partial charge in [-0.1, -0.05) is 48.5 Å². The number of fused-ring (bicyclic) bond motifs is 1. The lowest BCUT2D eigenvalue weighted by Crippen LogP contribution is -2.32. The fourth-order valence-corrected chi connectivity index (χ4v) is 4.55. The highest BCUT2D eigenvalue weighted by molar-refractivity contribution is 7.99. The van der Waals surface area contributed by atoms with E-state index in [0.29, 0.717) is 5.54 Å². The molecule has 1 aliphatic carbocycles. The van der Waals surface area contributed by atoms with Gasteiger partial charge in [0.15, 0.2) is 0 Å². The first-order valence-corrected chi connectivity index (χ1v) is 9.42. The molecule has 0 amide bonds. The Morgan fingerprint density at radius 1 is 1.00 bits per heavy atom. The zero-order valence-electron chi connectivity index (χ0n) is 14.2. The summed E-state index contributed by atoms with van der Waals surface area (Å²) in [6, 6.07) is 21.3. The fourth-order valence-electron chi connectivity index (χ4n) is 3.10. The molecule has 0 bridgehead atoms. The number of thioether (sulfide) groups is 1. The molecule has 3 aromatic rings. The van der Waals surface area contributed by atoms with Gasteiger partial charge in [0.25, 0.3) is 0 Å². The maximum absolute atomic E-state index is 4.99. The molecule has 1 fully saturated rings. The van der Waals surface area contributed by atoms with Crippen LogP contribution >= 0.6 is 11.8 Å². The van der Waals surface area contributed by atoms with Gasteiger partial charge in [-0.3, -0.25) is 0 Å². The van der Waals surface area contributed by atoms with Crippen LogP contribution in [-0.4, -0.2) is 35.3 Å². The largest absolute Gasteiger partial charge is 0.303 e. The van der Waals surface area contributed by atoms with Gasteiger partial charge in [0, 0.05) is 22.2 Å².